The maximum absolute atomic E-state index is 12.8. The van der Waals surface area contributed by atoms with E-state index in [0.717, 1.165) is 5.56 Å². The van der Waals surface area contributed by atoms with Crippen LogP contribution in [-0.2, 0) is 11.3 Å². The first kappa shape index (κ1) is 15.9. The van der Waals surface area contributed by atoms with Crippen LogP contribution in [0.1, 0.15) is 15.9 Å². The molecule has 0 fully saturated rings. The Balaban J connectivity index is 2.30. The van der Waals surface area contributed by atoms with Gasteiger partial charge in [-0.25, -0.2) is 4.79 Å². The van der Waals surface area contributed by atoms with Crippen LogP contribution in [0.2, 0.25) is 0 Å². The number of aromatic nitrogens is 3. The zero-order chi connectivity index (χ0) is 17.3. The number of aryl methyl sites for hydroxylation is 1. The van der Waals surface area contributed by atoms with Crippen molar-refractivity contribution in [3.05, 3.63) is 58.1 Å². The Bertz CT molecular complexity index is 926. The number of hydrogen-bond acceptors (Lipinski definition) is 5. The molecule has 1 aromatic rings. The number of fused-ring (bicyclic) bond motifs is 1. The van der Waals surface area contributed by atoms with E-state index in [4.69, 9.17) is 9.84 Å². The summed E-state index contributed by atoms with van der Waals surface area (Å²) in [6, 6.07) is 7.37. The third-order valence-electron chi connectivity index (χ3n) is 3.83. The van der Waals surface area contributed by atoms with E-state index < -0.39 is 5.97 Å². The maximum Gasteiger partial charge on any atom is 0.341 e. The Hall–Kier alpha value is -2.93. The van der Waals surface area contributed by atoms with Crippen molar-refractivity contribution in [1.82, 2.24) is 14.3 Å². The fourth-order valence-electron chi connectivity index (χ4n) is 2.63. The van der Waals surface area contributed by atoms with Gasteiger partial charge in [-0.3, -0.25) is 4.79 Å². The number of rotatable bonds is 4. The summed E-state index contributed by atoms with van der Waals surface area (Å²) in [5.74, 6) is -0.582. The summed E-state index contributed by atoms with van der Waals surface area (Å²) >= 11 is 0. The third-order valence-corrected chi connectivity index (χ3v) is 3.83. The molecule has 0 saturated carbocycles. The van der Waals surface area contributed by atoms with Crippen LogP contribution >= 0.6 is 0 Å². The first-order valence-corrected chi connectivity index (χ1v) is 7.44. The highest BCUT2D eigenvalue weighted by Crippen LogP contribution is 2.23. The maximum atomic E-state index is 12.8. The predicted molar refractivity (Wildman–Crippen MR) is 87.6 cm³/mol. The minimum Gasteiger partial charge on any atom is -0.465 e. The van der Waals surface area contributed by atoms with E-state index in [1.807, 2.05) is 25.1 Å². The van der Waals surface area contributed by atoms with Gasteiger partial charge in [-0.2, -0.15) is 9.78 Å². The number of nitrogens with zero attached hydrogens (tertiary/aromatic N) is 3. The smallest absolute Gasteiger partial charge is 0.341 e. The van der Waals surface area contributed by atoms with E-state index in [1.54, 1.807) is 16.8 Å². The average Bonchev–Trinajstić information content (AvgIpc) is 2.91. The van der Waals surface area contributed by atoms with Gasteiger partial charge in [-0.1, -0.05) is 18.2 Å². The predicted octanol–water partition coefficient (Wildman–Crippen LogP) is 1.23. The topological polar surface area (TPSA) is 86.4 Å². The molecule has 7 heteroatoms. The lowest BCUT2D eigenvalue weighted by atomic mass is 10.1. The van der Waals surface area contributed by atoms with Crippen LogP contribution in [0.4, 0.5) is 0 Å². The van der Waals surface area contributed by atoms with Gasteiger partial charge in [-0.15, -0.1) is 0 Å². The lowest BCUT2D eigenvalue weighted by Crippen LogP contribution is -2.16. The van der Waals surface area contributed by atoms with Gasteiger partial charge in [0.1, 0.15) is 11.3 Å². The molecule has 24 heavy (non-hydrogen) atoms. The second kappa shape index (κ2) is 6.29. The van der Waals surface area contributed by atoms with Gasteiger partial charge in [0.05, 0.1) is 25.0 Å². The number of aliphatic hydroxyl groups is 1. The van der Waals surface area contributed by atoms with Gasteiger partial charge in [-0.05, 0) is 18.6 Å². The van der Waals surface area contributed by atoms with Gasteiger partial charge in [0.2, 0.25) is 0 Å². The van der Waals surface area contributed by atoms with Crippen LogP contribution in [0.25, 0.3) is 16.9 Å². The summed E-state index contributed by atoms with van der Waals surface area (Å²) in [5.41, 5.74) is 2.00. The van der Waals surface area contributed by atoms with E-state index in [9.17, 15) is 9.59 Å². The fourth-order valence-corrected chi connectivity index (χ4v) is 2.63. The van der Waals surface area contributed by atoms with Gasteiger partial charge in [0.15, 0.2) is 0 Å². The number of methoxy groups -OCH3 is 1. The van der Waals surface area contributed by atoms with Crippen molar-refractivity contribution in [3.8, 4) is 16.9 Å². The molecule has 2 aliphatic heterocycles. The zero-order valence-electron chi connectivity index (χ0n) is 13.4. The Morgan fingerprint density at radius 1 is 1.29 bits per heavy atom. The quantitative estimate of drug-likeness (QED) is 0.728. The van der Waals surface area contributed by atoms with E-state index in [-0.39, 0.29) is 30.0 Å². The summed E-state index contributed by atoms with van der Waals surface area (Å²) in [5, 5.41) is 13.5. The molecule has 2 heterocycles. The van der Waals surface area contributed by atoms with E-state index in [1.165, 1.54) is 18.0 Å². The number of aliphatic hydroxyl groups excluding tert-OH is 1. The zero-order valence-corrected chi connectivity index (χ0v) is 13.4. The molecule has 1 aromatic carbocycles. The summed E-state index contributed by atoms with van der Waals surface area (Å²) < 4.78 is 7.66. The van der Waals surface area contributed by atoms with Crippen LogP contribution in [0, 0.1) is 6.92 Å². The number of esters is 1. The van der Waals surface area contributed by atoms with Crippen LogP contribution in [0.15, 0.2) is 41.5 Å². The minimum atomic E-state index is -0.582. The first-order chi connectivity index (χ1) is 11.6. The molecule has 0 amide bonds. The number of hydrogen-bond donors (Lipinski definition) is 1. The van der Waals surface area contributed by atoms with Crippen molar-refractivity contribution in [2.24, 2.45) is 0 Å². The Morgan fingerprint density at radius 2 is 2.04 bits per heavy atom. The first-order valence-electron chi connectivity index (χ1n) is 7.44. The largest absolute Gasteiger partial charge is 0.465 e. The Morgan fingerprint density at radius 3 is 2.71 bits per heavy atom. The van der Waals surface area contributed by atoms with Crippen molar-refractivity contribution in [2.75, 3.05) is 13.7 Å². The molecule has 3 rings (SSSR count). The highest BCUT2D eigenvalue weighted by molar-refractivity contribution is 5.96. The number of benzene rings is 1. The molecule has 1 N–H and O–H groups in total. The highest BCUT2D eigenvalue weighted by Gasteiger charge is 2.25. The van der Waals surface area contributed by atoms with Crippen molar-refractivity contribution >= 4 is 5.97 Å². The standard InChI is InChI=1S/C17H17N3O4/c1-11-5-3-4-6-14(11)20-16(22)12-9-19(7-8-21)10-13(15(12)18-20)17(23)24-2/h3-6,9-10,21H,7-8H2,1-2H3. The van der Waals surface area contributed by atoms with Crippen LogP contribution in [-0.4, -0.2) is 39.1 Å². The molecule has 0 atom stereocenters. The molecule has 7 nitrogen and oxygen atoms in total. The van der Waals surface area contributed by atoms with Crippen molar-refractivity contribution in [2.45, 2.75) is 13.5 Å². The Labute approximate surface area is 138 Å². The second-order valence-electron chi connectivity index (χ2n) is 5.39. The molecule has 2 aliphatic rings. The summed E-state index contributed by atoms with van der Waals surface area (Å²) in [6.45, 7) is 2.03. The van der Waals surface area contributed by atoms with Crippen LogP contribution in [0.3, 0.4) is 0 Å². The molecule has 0 radical (unpaired) electrons. The molecule has 0 aliphatic carbocycles. The van der Waals surface area contributed by atoms with Gasteiger partial charge in [0, 0.05) is 18.9 Å². The SMILES string of the molecule is COC(=O)c1cn(CCO)cc2c(=O)n(-c3ccccc3C)nc1-2. The van der Waals surface area contributed by atoms with Gasteiger partial charge in [0.25, 0.3) is 5.56 Å². The number of pyridine rings is 1. The number of ether oxygens (including phenoxy) is 1. The molecule has 0 spiro atoms. The van der Waals surface area contributed by atoms with E-state index >= 15 is 0 Å². The normalized spacial score (nSPS) is 11.0. The van der Waals surface area contributed by atoms with Gasteiger partial charge < -0.3 is 14.4 Å². The lowest BCUT2D eigenvalue weighted by molar-refractivity contribution is 0.0600. The van der Waals surface area contributed by atoms with Crippen molar-refractivity contribution in [3.63, 3.8) is 0 Å². The van der Waals surface area contributed by atoms with Gasteiger partial charge >= 0.3 is 5.97 Å². The Kier molecular flexibility index (Phi) is 4.18. The monoisotopic (exact) mass is 327 g/mol. The van der Waals surface area contributed by atoms with Crippen molar-refractivity contribution < 1.29 is 14.6 Å². The van der Waals surface area contributed by atoms with Crippen LogP contribution < -0.4 is 5.56 Å². The lowest BCUT2D eigenvalue weighted by Gasteiger charge is -2.10. The fraction of sp³-hybridized carbons (Fsp3) is 0.235. The van der Waals surface area contributed by atoms with Crippen LogP contribution in [0.5, 0.6) is 0 Å². The summed E-state index contributed by atoms with van der Waals surface area (Å²) in [7, 11) is 1.27. The summed E-state index contributed by atoms with van der Waals surface area (Å²) in [6.07, 6.45) is 3.11. The molecule has 124 valence electrons. The molecular formula is C17H17N3O4. The molecular weight excluding hydrogens is 310 g/mol. The molecule has 0 unspecified atom stereocenters. The van der Waals surface area contributed by atoms with E-state index in [0.29, 0.717) is 11.3 Å². The second-order valence-corrected chi connectivity index (χ2v) is 5.39. The van der Waals surface area contributed by atoms with E-state index in [2.05, 4.69) is 5.10 Å². The van der Waals surface area contributed by atoms with Crippen molar-refractivity contribution in [1.29, 1.82) is 0 Å². The molecule has 0 bridgehead atoms. The molecule has 0 aromatic heterocycles. The summed E-state index contributed by atoms with van der Waals surface area (Å²) in [4.78, 5) is 24.8. The molecule has 0 saturated heterocycles. The highest BCUT2D eigenvalue weighted by atomic mass is 16.5. The number of carbonyl (C=O) groups excluding carboxylic acids is 1. The third kappa shape index (κ3) is 2.59. The number of carbonyl (C=O) groups is 1. The number of para-hydroxylation sites is 1. The minimum absolute atomic E-state index is 0.114. The average molecular weight is 327 g/mol.